The van der Waals surface area contributed by atoms with Gasteiger partial charge >= 0.3 is 0 Å². The molecule has 0 aliphatic rings. The van der Waals surface area contributed by atoms with Crippen molar-refractivity contribution in [2.45, 2.75) is 46.2 Å². The van der Waals surface area contributed by atoms with Crippen LogP contribution in [0.2, 0.25) is 0 Å². The van der Waals surface area contributed by atoms with Crippen LogP contribution in [0.5, 0.6) is 0 Å². The SMILES string of the molecule is CC(C)CCn1c(=O)c2ccccc2n2c(CCC(=O)NCc3ccco3)nnc12. The molecule has 1 amide bonds. The van der Waals surface area contributed by atoms with Crippen molar-refractivity contribution in [3.05, 3.63) is 64.6 Å². The van der Waals surface area contributed by atoms with Crippen LogP contribution in [0, 0.1) is 5.92 Å². The van der Waals surface area contributed by atoms with Gasteiger partial charge in [-0.3, -0.25) is 18.6 Å². The second kappa shape index (κ2) is 8.52. The van der Waals surface area contributed by atoms with E-state index in [0.29, 0.717) is 48.2 Å². The normalized spacial score (nSPS) is 11.6. The molecule has 0 aliphatic carbocycles. The molecule has 3 aromatic heterocycles. The fraction of sp³-hybridized carbons (Fsp3) is 0.364. The van der Waals surface area contributed by atoms with Crippen molar-refractivity contribution >= 4 is 22.6 Å². The smallest absolute Gasteiger partial charge is 0.262 e. The first kappa shape index (κ1) is 19.9. The molecule has 156 valence electrons. The zero-order valence-corrected chi connectivity index (χ0v) is 17.2. The summed E-state index contributed by atoms with van der Waals surface area (Å²) in [5.74, 6) is 2.25. The van der Waals surface area contributed by atoms with Crippen molar-refractivity contribution in [3.63, 3.8) is 0 Å². The van der Waals surface area contributed by atoms with Crippen molar-refractivity contribution in [1.29, 1.82) is 0 Å². The van der Waals surface area contributed by atoms with E-state index in [0.717, 1.165) is 11.9 Å². The zero-order valence-electron chi connectivity index (χ0n) is 17.2. The number of hydrogen-bond acceptors (Lipinski definition) is 5. The maximum atomic E-state index is 13.0. The number of fused-ring (bicyclic) bond motifs is 3. The molecule has 1 N–H and O–H groups in total. The third-order valence-corrected chi connectivity index (χ3v) is 5.12. The van der Waals surface area contributed by atoms with E-state index >= 15 is 0 Å². The Labute approximate surface area is 173 Å². The number of benzene rings is 1. The summed E-state index contributed by atoms with van der Waals surface area (Å²) in [5.41, 5.74) is 0.697. The Morgan fingerprint density at radius 2 is 2.00 bits per heavy atom. The van der Waals surface area contributed by atoms with E-state index in [9.17, 15) is 9.59 Å². The molecule has 8 heteroatoms. The Bertz CT molecular complexity index is 1220. The lowest BCUT2D eigenvalue weighted by molar-refractivity contribution is -0.121. The quantitative estimate of drug-likeness (QED) is 0.485. The van der Waals surface area contributed by atoms with Crippen LogP contribution in [0.25, 0.3) is 16.7 Å². The third kappa shape index (κ3) is 3.98. The molecule has 0 fully saturated rings. The molecule has 0 bridgehead atoms. The molecule has 0 atom stereocenters. The number of carbonyl (C=O) groups excluding carboxylic acids is 1. The molecule has 0 unspecified atom stereocenters. The Kier molecular flexibility index (Phi) is 5.65. The van der Waals surface area contributed by atoms with Crippen molar-refractivity contribution < 1.29 is 9.21 Å². The number of aryl methyl sites for hydroxylation is 2. The maximum absolute atomic E-state index is 13.0. The Hall–Kier alpha value is -3.42. The molecule has 4 rings (SSSR count). The van der Waals surface area contributed by atoms with Crippen molar-refractivity contribution in [2.75, 3.05) is 0 Å². The van der Waals surface area contributed by atoms with Gasteiger partial charge in [-0.25, -0.2) is 0 Å². The van der Waals surface area contributed by atoms with Gasteiger partial charge in [-0.15, -0.1) is 10.2 Å². The lowest BCUT2D eigenvalue weighted by atomic mass is 10.1. The van der Waals surface area contributed by atoms with Crippen LogP contribution in [0.4, 0.5) is 0 Å². The highest BCUT2D eigenvalue weighted by Gasteiger charge is 2.17. The van der Waals surface area contributed by atoms with Gasteiger partial charge < -0.3 is 9.73 Å². The molecule has 1 aromatic carbocycles. The Balaban J connectivity index is 1.62. The molecule has 0 aliphatic heterocycles. The van der Waals surface area contributed by atoms with Crippen molar-refractivity contribution in [3.8, 4) is 0 Å². The topological polar surface area (TPSA) is 94.4 Å². The van der Waals surface area contributed by atoms with E-state index in [-0.39, 0.29) is 17.9 Å². The number of furan rings is 1. The molecule has 3 heterocycles. The summed E-state index contributed by atoms with van der Waals surface area (Å²) < 4.78 is 8.82. The summed E-state index contributed by atoms with van der Waals surface area (Å²) in [7, 11) is 0. The first-order valence-electron chi connectivity index (χ1n) is 10.2. The summed E-state index contributed by atoms with van der Waals surface area (Å²) in [5, 5.41) is 12.1. The number of nitrogens with one attached hydrogen (secondary N) is 1. The van der Waals surface area contributed by atoms with Crippen LogP contribution in [0.15, 0.2) is 51.9 Å². The standard InChI is InChI=1S/C22H25N5O3/c1-15(2)11-12-26-21(29)17-7-3-4-8-18(17)27-19(24-25-22(26)27)9-10-20(28)23-14-16-6-5-13-30-16/h3-8,13,15H,9-12,14H2,1-2H3,(H,23,28). The summed E-state index contributed by atoms with van der Waals surface area (Å²) in [6.45, 7) is 5.18. The van der Waals surface area contributed by atoms with E-state index in [1.165, 1.54) is 0 Å². The first-order valence-corrected chi connectivity index (χ1v) is 10.2. The van der Waals surface area contributed by atoms with Gasteiger partial charge in [-0.1, -0.05) is 26.0 Å². The first-order chi connectivity index (χ1) is 14.5. The molecular weight excluding hydrogens is 382 g/mol. The highest BCUT2D eigenvalue weighted by atomic mass is 16.3. The van der Waals surface area contributed by atoms with Gasteiger partial charge in [0.25, 0.3) is 5.56 Å². The maximum Gasteiger partial charge on any atom is 0.262 e. The van der Waals surface area contributed by atoms with Gasteiger partial charge in [-0.05, 0) is 36.6 Å². The van der Waals surface area contributed by atoms with Gasteiger partial charge in [0.2, 0.25) is 11.7 Å². The number of nitrogens with zero attached hydrogens (tertiary/aromatic N) is 4. The van der Waals surface area contributed by atoms with E-state index < -0.39 is 0 Å². The highest BCUT2D eigenvalue weighted by molar-refractivity contribution is 5.80. The van der Waals surface area contributed by atoms with E-state index in [2.05, 4.69) is 29.4 Å². The molecular formula is C22H25N5O3. The summed E-state index contributed by atoms with van der Waals surface area (Å²) in [6, 6.07) is 11.1. The largest absolute Gasteiger partial charge is 0.467 e. The summed E-state index contributed by atoms with van der Waals surface area (Å²) >= 11 is 0. The van der Waals surface area contributed by atoms with Crippen LogP contribution >= 0.6 is 0 Å². The second-order valence-electron chi connectivity index (χ2n) is 7.76. The number of aromatic nitrogens is 4. The Morgan fingerprint density at radius 1 is 1.17 bits per heavy atom. The molecule has 0 spiro atoms. The lowest BCUT2D eigenvalue weighted by Gasteiger charge is -2.12. The monoisotopic (exact) mass is 407 g/mol. The number of para-hydroxylation sites is 1. The molecule has 0 saturated carbocycles. The van der Waals surface area contributed by atoms with Crippen molar-refractivity contribution in [1.82, 2.24) is 24.5 Å². The van der Waals surface area contributed by atoms with Gasteiger partial charge in [0, 0.05) is 19.4 Å². The Morgan fingerprint density at radius 3 is 2.77 bits per heavy atom. The summed E-state index contributed by atoms with van der Waals surface area (Å²) in [4.78, 5) is 25.3. The number of hydrogen-bond donors (Lipinski definition) is 1. The molecule has 30 heavy (non-hydrogen) atoms. The lowest BCUT2D eigenvalue weighted by Crippen LogP contribution is -2.25. The number of carbonyl (C=O) groups is 1. The van der Waals surface area contributed by atoms with Crippen LogP contribution in [-0.2, 0) is 24.3 Å². The van der Waals surface area contributed by atoms with Gasteiger partial charge in [0.05, 0.1) is 23.7 Å². The van der Waals surface area contributed by atoms with Crippen LogP contribution in [-0.4, -0.2) is 25.1 Å². The minimum atomic E-state index is -0.0967. The van der Waals surface area contributed by atoms with Gasteiger partial charge in [0.1, 0.15) is 11.6 Å². The molecule has 4 aromatic rings. The highest BCUT2D eigenvalue weighted by Crippen LogP contribution is 2.16. The fourth-order valence-corrected chi connectivity index (χ4v) is 3.48. The number of rotatable bonds is 8. The van der Waals surface area contributed by atoms with E-state index in [1.807, 2.05) is 34.7 Å². The predicted octanol–water partition coefficient (Wildman–Crippen LogP) is 2.93. The van der Waals surface area contributed by atoms with Crippen LogP contribution < -0.4 is 10.9 Å². The molecule has 0 radical (unpaired) electrons. The van der Waals surface area contributed by atoms with E-state index in [4.69, 9.17) is 4.42 Å². The minimum Gasteiger partial charge on any atom is -0.467 e. The third-order valence-electron chi connectivity index (χ3n) is 5.12. The van der Waals surface area contributed by atoms with Crippen LogP contribution in [0.1, 0.15) is 38.3 Å². The van der Waals surface area contributed by atoms with Gasteiger partial charge in [0.15, 0.2) is 0 Å². The fourth-order valence-electron chi connectivity index (χ4n) is 3.48. The van der Waals surface area contributed by atoms with Crippen molar-refractivity contribution in [2.24, 2.45) is 5.92 Å². The minimum absolute atomic E-state index is 0.0612. The van der Waals surface area contributed by atoms with Crippen LogP contribution in [0.3, 0.4) is 0 Å². The molecule has 8 nitrogen and oxygen atoms in total. The number of amides is 1. The van der Waals surface area contributed by atoms with Gasteiger partial charge in [-0.2, -0.15) is 0 Å². The predicted molar refractivity (Wildman–Crippen MR) is 113 cm³/mol. The zero-order chi connectivity index (χ0) is 21.1. The second-order valence-corrected chi connectivity index (χ2v) is 7.76. The average molecular weight is 407 g/mol. The molecule has 0 saturated heterocycles. The average Bonchev–Trinajstić information content (AvgIpc) is 3.40. The summed E-state index contributed by atoms with van der Waals surface area (Å²) in [6.07, 6.45) is 3.12. The van der Waals surface area contributed by atoms with E-state index in [1.54, 1.807) is 16.9 Å².